The molecule has 6 heteroatoms. The molecule has 128 valence electrons. The van der Waals surface area contributed by atoms with Crippen LogP contribution in [0.3, 0.4) is 0 Å². The largest absolute Gasteiger partial charge is 0.338 e. The van der Waals surface area contributed by atoms with Crippen LogP contribution in [-0.4, -0.2) is 33.4 Å². The first-order valence-corrected chi connectivity index (χ1v) is 9.11. The van der Waals surface area contributed by atoms with E-state index in [0.29, 0.717) is 30.8 Å². The number of amides is 2. The number of hydrogen-bond acceptors (Lipinski definition) is 3. The second kappa shape index (κ2) is 7.79. The van der Waals surface area contributed by atoms with Gasteiger partial charge < -0.3 is 10.6 Å². The molecule has 3 rings (SSSR count). The molecule has 0 radical (unpaired) electrons. The number of urea groups is 1. The van der Waals surface area contributed by atoms with E-state index in [1.807, 2.05) is 7.05 Å². The second-order valence-corrected chi connectivity index (χ2v) is 7.06. The van der Waals surface area contributed by atoms with Crippen LogP contribution in [0.4, 0.5) is 4.79 Å². The van der Waals surface area contributed by atoms with Crippen LogP contribution in [0.2, 0.25) is 0 Å². The van der Waals surface area contributed by atoms with E-state index in [9.17, 15) is 4.79 Å². The van der Waals surface area contributed by atoms with Crippen molar-refractivity contribution in [2.24, 2.45) is 18.9 Å². The van der Waals surface area contributed by atoms with Crippen LogP contribution in [0.1, 0.15) is 57.2 Å². The van der Waals surface area contributed by atoms with Crippen LogP contribution in [-0.2, 0) is 13.5 Å². The van der Waals surface area contributed by atoms with Crippen LogP contribution in [0.15, 0.2) is 6.33 Å². The summed E-state index contributed by atoms with van der Waals surface area (Å²) < 4.78 is 1.75. The molecule has 1 aromatic heterocycles. The highest BCUT2D eigenvalue weighted by atomic mass is 16.2. The maximum absolute atomic E-state index is 12.3. The normalized spacial score (nSPS) is 19.6. The third-order valence-corrected chi connectivity index (χ3v) is 5.55. The van der Waals surface area contributed by atoms with Crippen LogP contribution in [0.5, 0.6) is 0 Å². The number of nitrogens with zero attached hydrogens (tertiary/aromatic N) is 3. The van der Waals surface area contributed by atoms with E-state index in [2.05, 4.69) is 20.7 Å². The average molecular weight is 319 g/mol. The van der Waals surface area contributed by atoms with E-state index >= 15 is 0 Å². The van der Waals surface area contributed by atoms with E-state index in [0.717, 1.165) is 5.82 Å². The van der Waals surface area contributed by atoms with E-state index in [-0.39, 0.29) is 6.03 Å². The van der Waals surface area contributed by atoms with Gasteiger partial charge >= 0.3 is 6.03 Å². The molecule has 0 saturated heterocycles. The Kier molecular flexibility index (Phi) is 5.51. The third kappa shape index (κ3) is 4.24. The summed E-state index contributed by atoms with van der Waals surface area (Å²) >= 11 is 0. The van der Waals surface area contributed by atoms with Crippen LogP contribution in [0, 0.1) is 11.8 Å². The quantitative estimate of drug-likeness (QED) is 0.846. The SMILES string of the molecule is Cn1ncnc1CCNC(=O)NC(C1CCCC1)C1CCCC1. The number of rotatable bonds is 6. The van der Waals surface area contributed by atoms with Gasteiger partial charge in [-0.15, -0.1) is 0 Å². The maximum atomic E-state index is 12.3. The summed E-state index contributed by atoms with van der Waals surface area (Å²) in [5, 5.41) is 10.3. The molecule has 0 unspecified atom stereocenters. The Morgan fingerprint density at radius 1 is 1.22 bits per heavy atom. The monoisotopic (exact) mass is 319 g/mol. The van der Waals surface area contributed by atoms with Gasteiger partial charge in [0.05, 0.1) is 0 Å². The zero-order valence-electron chi connectivity index (χ0n) is 14.1. The summed E-state index contributed by atoms with van der Waals surface area (Å²) in [5.41, 5.74) is 0. The first-order valence-electron chi connectivity index (χ1n) is 9.11. The first kappa shape index (κ1) is 16.3. The standard InChI is InChI=1S/C17H29N5O/c1-22-15(19-12-20-22)10-11-18-17(23)21-16(13-6-2-3-7-13)14-8-4-5-9-14/h12-14,16H,2-11H2,1H3,(H2,18,21,23). The molecule has 1 aromatic rings. The fourth-order valence-corrected chi connectivity index (χ4v) is 4.29. The fourth-order valence-electron chi connectivity index (χ4n) is 4.29. The molecule has 2 saturated carbocycles. The highest BCUT2D eigenvalue weighted by Gasteiger charge is 2.34. The van der Waals surface area contributed by atoms with Crippen molar-refractivity contribution in [2.45, 2.75) is 63.8 Å². The lowest BCUT2D eigenvalue weighted by Crippen LogP contribution is -2.48. The highest BCUT2D eigenvalue weighted by Crippen LogP contribution is 2.37. The van der Waals surface area contributed by atoms with Crippen molar-refractivity contribution >= 4 is 6.03 Å². The summed E-state index contributed by atoms with van der Waals surface area (Å²) in [6, 6.07) is 0.353. The van der Waals surface area contributed by atoms with Crippen LogP contribution in [0.25, 0.3) is 0 Å². The Bertz CT molecular complexity index is 487. The van der Waals surface area contributed by atoms with Crippen LogP contribution >= 0.6 is 0 Å². The fraction of sp³-hybridized carbons (Fsp3) is 0.824. The van der Waals surface area contributed by atoms with Gasteiger partial charge in [0.2, 0.25) is 0 Å². The summed E-state index contributed by atoms with van der Waals surface area (Å²) in [6.07, 6.45) is 12.7. The van der Waals surface area contributed by atoms with Crippen molar-refractivity contribution < 1.29 is 4.79 Å². The van der Waals surface area contributed by atoms with Gasteiger partial charge in [-0.25, -0.2) is 9.78 Å². The number of hydrogen-bond donors (Lipinski definition) is 2. The average Bonchev–Trinajstić information content (AvgIpc) is 3.28. The van der Waals surface area contributed by atoms with Crippen molar-refractivity contribution in [3.8, 4) is 0 Å². The molecule has 0 aromatic carbocycles. The predicted octanol–water partition coefficient (Wildman–Crippen LogP) is 2.41. The van der Waals surface area contributed by atoms with Gasteiger partial charge in [0.15, 0.2) is 0 Å². The number of nitrogens with one attached hydrogen (secondary N) is 2. The molecule has 0 atom stereocenters. The molecular weight excluding hydrogens is 290 g/mol. The maximum Gasteiger partial charge on any atom is 0.315 e. The lowest BCUT2D eigenvalue weighted by molar-refractivity contribution is 0.215. The van der Waals surface area contributed by atoms with Crippen LogP contribution < -0.4 is 10.6 Å². The topological polar surface area (TPSA) is 71.8 Å². The molecule has 6 nitrogen and oxygen atoms in total. The Morgan fingerprint density at radius 3 is 2.35 bits per heavy atom. The first-order chi connectivity index (χ1) is 11.2. The van der Waals surface area contributed by atoms with E-state index < -0.39 is 0 Å². The molecule has 2 fully saturated rings. The van der Waals surface area contributed by atoms with Gasteiger partial charge in [0.1, 0.15) is 12.2 Å². The summed E-state index contributed by atoms with van der Waals surface area (Å²) in [7, 11) is 1.87. The zero-order chi connectivity index (χ0) is 16.1. The molecule has 2 aliphatic rings. The lowest BCUT2D eigenvalue weighted by Gasteiger charge is -2.30. The zero-order valence-corrected chi connectivity index (χ0v) is 14.1. The molecule has 0 spiro atoms. The van der Waals surface area contributed by atoms with E-state index in [4.69, 9.17) is 0 Å². The van der Waals surface area contributed by atoms with Gasteiger partial charge in [-0.05, 0) is 37.5 Å². The van der Waals surface area contributed by atoms with Crippen molar-refractivity contribution in [3.63, 3.8) is 0 Å². The minimum Gasteiger partial charge on any atom is -0.338 e. The Labute approximate surface area is 138 Å². The summed E-state index contributed by atoms with van der Waals surface area (Å²) in [5.74, 6) is 2.26. The van der Waals surface area contributed by atoms with Crippen molar-refractivity contribution in [3.05, 3.63) is 12.2 Å². The van der Waals surface area contributed by atoms with Crippen molar-refractivity contribution in [2.75, 3.05) is 6.54 Å². The second-order valence-electron chi connectivity index (χ2n) is 7.06. The molecule has 2 aliphatic carbocycles. The highest BCUT2D eigenvalue weighted by molar-refractivity contribution is 5.74. The Balaban J connectivity index is 1.48. The van der Waals surface area contributed by atoms with E-state index in [1.165, 1.54) is 51.4 Å². The van der Waals surface area contributed by atoms with E-state index in [1.54, 1.807) is 11.0 Å². The number of aryl methyl sites for hydroxylation is 1. The summed E-state index contributed by atoms with van der Waals surface area (Å²) in [6.45, 7) is 0.598. The van der Waals surface area contributed by atoms with Crippen molar-refractivity contribution in [1.82, 2.24) is 25.4 Å². The molecule has 0 aliphatic heterocycles. The lowest BCUT2D eigenvalue weighted by atomic mass is 9.86. The molecule has 0 bridgehead atoms. The van der Waals surface area contributed by atoms with Gasteiger partial charge in [0, 0.05) is 26.1 Å². The Morgan fingerprint density at radius 2 is 1.83 bits per heavy atom. The predicted molar refractivity (Wildman–Crippen MR) is 88.9 cm³/mol. The minimum atomic E-state index is -0.0176. The minimum absolute atomic E-state index is 0.0176. The smallest absolute Gasteiger partial charge is 0.315 e. The van der Waals surface area contributed by atoms with Gasteiger partial charge in [-0.1, -0.05) is 25.7 Å². The molecule has 2 N–H and O–H groups in total. The van der Waals surface area contributed by atoms with Gasteiger partial charge in [-0.2, -0.15) is 5.10 Å². The number of aromatic nitrogens is 3. The molecular formula is C17H29N5O. The molecule has 2 amide bonds. The molecule has 1 heterocycles. The third-order valence-electron chi connectivity index (χ3n) is 5.55. The van der Waals surface area contributed by atoms with Gasteiger partial charge in [-0.3, -0.25) is 4.68 Å². The summed E-state index contributed by atoms with van der Waals surface area (Å²) in [4.78, 5) is 16.5. The number of carbonyl (C=O) groups is 1. The molecule has 23 heavy (non-hydrogen) atoms. The van der Waals surface area contributed by atoms with Gasteiger partial charge in [0.25, 0.3) is 0 Å². The van der Waals surface area contributed by atoms with Crippen molar-refractivity contribution in [1.29, 1.82) is 0 Å². The Hall–Kier alpha value is -1.59. The number of carbonyl (C=O) groups excluding carboxylic acids is 1.